The Morgan fingerprint density at radius 3 is 2.65 bits per heavy atom. The third kappa shape index (κ3) is 3.35. The van der Waals surface area contributed by atoms with Gasteiger partial charge in [-0.15, -0.1) is 5.10 Å². The molecule has 0 N–H and O–H groups in total. The summed E-state index contributed by atoms with van der Waals surface area (Å²) in [5.41, 5.74) is 2.45. The number of aryl methyl sites for hydroxylation is 1. The molecule has 1 saturated heterocycles. The fourth-order valence-electron chi connectivity index (χ4n) is 3.30. The highest BCUT2D eigenvalue weighted by molar-refractivity contribution is 6.35. The summed E-state index contributed by atoms with van der Waals surface area (Å²) in [6.07, 6.45) is 2.85. The molecule has 0 saturated carbocycles. The van der Waals surface area contributed by atoms with Crippen molar-refractivity contribution in [3.05, 3.63) is 39.6 Å². The van der Waals surface area contributed by atoms with E-state index in [2.05, 4.69) is 27.1 Å². The first-order valence-electron chi connectivity index (χ1n) is 8.76. The summed E-state index contributed by atoms with van der Waals surface area (Å²) >= 11 is 12.3. The van der Waals surface area contributed by atoms with Crippen molar-refractivity contribution in [1.29, 1.82) is 0 Å². The quantitative estimate of drug-likeness (QED) is 0.678. The summed E-state index contributed by atoms with van der Waals surface area (Å²) in [5, 5.41) is 9.67. The Hall–Kier alpha value is -1.92. The molecule has 1 aliphatic heterocycles. The van der Waals surface area contributed by atoms with Gasteiger partial charge in [0, 0.05) is 36.6 Å². The minimum Gasteiger partial charge on any atom is -0.355 e. The maximum atomic E-state index is 6.33. The zero-order valence-corrected chi connectivity index (χ0v) is 16.3. The molecule has 4 rings (SSSR count). The molecule has 0 unspecified atom stereocenters. The van der Waals surface area contributed by atoms with E-state index in [9.17, 15) is 0 Å². The highest BCUT2D eigenvalue weighted by atomic mass is 35.5. The zero-order valence-electron chi connectivity index (χ0n) is 14.8. The van der Waals surface area contributed by atoms with Gasteiger partial charge in [0.25, 0.3) is 0 Å². The van der Waals surface area contributed by atoms with E-state index in [1.165, 1.54) is 0 Å². The van der Waals surface area contributed by atoms with Gasteiger partial charge in [-0.2, -0.15) is 0 Å². The number of aromatic nitrogens is 5. The van der Waals surface area contributed by atoms with Crippen LogP contribution in [0.2, 0.25) is 10.0 Å². The number of anilines is 1. The van der Waals surface area contributed by atoms with Crippen LogP contribution in [0.4, 0.5) is 5.82 Å². The molecule has 6 nitrogen and oxygen atoms in total. The Bertz CT molecular complexity index is 946. The van der Waals surface area contributed by atoms with E-state index in [1.807, 2.05) is 19.2 Å². The Kier molecular flexibility index (Phi) is 4.71. The molecule has 3 heterocycles. The van der Waals surface area contributed by atoms with E-state index >= 15 is 0 Å². The van der Waals surface area contributed by atoms with Crippen molar-refractivity contribution in [2.45, 2.75) is 26.2 Å². The fraction of sp³-hybridized carbons (Fsp3) is 0.444. The fourth-order valence-corrected chi connectivity index (χ4v) is 3.78. The van der Waals surface area contributed by atoms with Crippen LogP contribution in [0.3, 0.4) is 0 Å². The highest BCUT2D eigenvalue weighted by Crippen LogP contribution is 2.28. The van der Waals surface area contributed by atoms with Crippen LogP contribution >= 0.6 is 23.2 Å². The molecule has 1 aromatic carbocycles. The summed E-state index contributed by atoms with van der Waals surface area (Å²) in [4.78, 5) is 11.8. The molecule has 8 heteroatoms. The molecule has 136 valence electrons. The van der Waals surface area contributed by atoms with Crippen LogP contribution in [0, 0.1) is 5.92 Å². The SMILES string of the molecule is CC1CCN(c2nc(Cc3ccc(Cl)cc3Cl)nc3c2nnn3C)CC1. The number of halogens is 2. The van der Waals surface area contributed by atoms with Crippen molar-refractivity contribution < 1.29 is 0 Å². The molecular formula is C18H20Cl2N6. The van der Waals surface area contributed by atoms with E-state index in [0.29, 0.717) is 22.3 Å². The number of rotatable bonds is 3. The Morgan fingerprint density at radius 1 is 1.15 bits per heavy atom. The van der Waals surface area contributed by atoms with Gasteiger partial charge in [0.2, 0.25) is 0 Å². The standard InChI is InChI=1S/C18H20Cl2N6/c1-11-5-7-26(8-6-11)18-16-17(25(2)24-23-16)21-15(22-18)9-12-3-4-13(19)10-14(12)20/h3-4,10-11H,5-9H2,1-2H3. The number of nitrogens with zero attached hydrogens (tertiary/aromatic N) is 6. The van der Waals surface area contributed by atoms with Gasteiger partial charge in [0.1, 0.15) is 5.82 Å². The Balaban J connectivity index is 1.74. The van der Waals surface area contributed by atoms with Crippen LogP contribution in [0.5, 0.6) is 0 Å². The molecule has 1 aliphatic rings. The van der Waals surface area contributed by atoms with Gasteiger partial charge in [0.05, 0.1) is 0 Å². The molecule has 2 aromatic heterocycles. The van der Waals surface area contributed by atoms with Crippen molar-refractivity contribution in [2.24, 2.45) is 13.0 Å². The van der Waals surface area contributed by atoms with Gasteiger partial charge in [-0.25, -0.2) is 14.6 Å². The van der Waals surface area contributed by atoms with E-state index in [1.54, 1.807) is 10.7 Å². The molecule has 0 aliphatic carbocycles. The van der Waals surface area contributed by atoms with Gasteiger partial charge in [-0.05, 0) is 36.5 Å². The molecule has 0 bridgehead atoms. The molecular weight excluding hydrogens is 371 g/mol. The monoisotopic (exact) mass is 390 g/mol. The normalized spacial score (nSPS) is 15.8. The van der Waals surface area contributed by atoms with E-state index in [0.717, 1.165) is 54.4 Å². The predicted octanol–water partition coefficient (Wildman–Crippen LogP) is 3.89. The van der Waals surface area contributed by atoms with E-state index < -0.39 is 0 Å². The number of benzene rings is 1. The molecule has 0 spiro atoms. The molecule has 26 heavy (non-hydrogen) atoms. The van der Waals surface area contributed by atoms with Gasteiger partial charge >= 0.3 is 0 Å². The lowest BCUT2D eigenvalue weighted by Crippen LogP contribution is -2.33. The third-order valence-electron chi connectivity index (χ3n) is 4.93. The summed E-state index contributed by atoms with van der Waals surface area (Å²) in [6, 6.07) is 5.50. The van der Waals surface area contributed by atoms with E-state index in [-0.39, 0.29) is 0 Å². The van der Waals surface area contributed by atoms with Crippen molar-refractivity contribution in [2.75, 3.05) is 18.0 Å². The molecule has 0 amide bonds. The summed E-state index contributed by atoms with van der Waals surface area (Å²) < 4.78 is 1.69. The molecule has 3 aromatic rings. The minimum atomic E-state index is 0.536. The second-order valence-electron chi connectivity index (χ2n) is 6.93. The van der Waals surface area contributed by atoms with Crippen LogP contribution in [0.15, 0.2) is 18.2 Å². The van der Waals surface area contributed by atoms with Crippen LogP contribution in [0.25, 0.3) is 11.2 Å². The van der Waals surface area contributed by atoms with Crippen LogP contribution < -0.4 is 4.90 Å². The van der Waals surface area contributed by atoms with Crippen LogP contribution in [-0.2, 0) is 13.5 Å². The lowest BCUT2D eigenvalue weighted by Gasteiger charge is -2.31. The second-order valence-corrected chi connectivity index (χ2v) is 7.77. The average Bonchev–Trinajstić information content (AvgIpc) is 2.99. The summed E-state index contributed by atoms with van der Waals surface area (Å²) in [5.74, 6) is 2.33. The van der Waals surface area contributed by atoms with Crippen molar-refractivity contribution >= 4 is 40.2 Å². The highest BCUT2D eigenvalue weighted by Gasteiger charge is 2.22. The van der Waals surface area contributed by atoms with E-state index in [4.69, 9.17) is 28.2 Å². The van der Waals surface area contributed by atoms with Crippen molar-refractivity contribution in [1.82, 2.24) is 25.0 Å². The topological polar surface area (TPSA) is 59.7 Å². The summed E-state index contributed by atoms with van der Waals surface area (Å²) in [7, 11) is 1.85. The Labute approximate surface area is 162 Å². The number of fused-ring (bicyclic) bond motifs is 1. The third-order valence-corrected chi connectivity index (χ3v) is 5.51. The minimum absolute atomic E-state index is 0.536. The molecule has 1 fully saturated rings. The average molecular weight is 391 g/mol. The van der Waals surface area contributed by atoms with Crippen molar-refractivity contribution in [3.8, 4) is 0 Å². The van der Waals surface area contributed by atoms with Gasteiger partial charge in [-0.3, -0.25) is 0 Å². The van der Waals surface area contributed by atoms with Crippen LogP contribution in [-0.4, -0.2) is 38.1 Å². The first kappa shape index (κ1) is 17.5. The number of hydrogen-bond donors (Lipinski definition) is 0. The van der Waals surface area contributed by atoms with Gasteiger partial charge in [-0.1, -0.05) is 41.4 Å². The first-order valence-corrected chi connectivity index (χ1v) is 9.52. The van der Waals surface area contributed by atoms with Gasteiger partial charge < -0.3 is 4.90 Å². The number of hydrogen-bond acceptors (Lipinski definition) is 5. The predicted molar refractivity (Wildman–Crippen MR) is 104 cm³/mol. The maximum absolute atomic E-state index is 6.33. The summed E-state index contributed by atoms with van der Waals surface area (Å²) in [6.45, 7) is 4.25. The lowest BCUT2D eigenvalue weighted by atomic mass is 9.99. The largest absolute Gasteiger partial charge is 0.355 e. The maximum Gasteiger partial charge on any atom is 0.183 e. The number of piperidine rings is 1. The Morgan fingerprint density at radius 2 is 1.92 bits per heavy atom. The van der Waals surface area contributed by atoms with Gasteiger partial charge in [0.15, 0.2) is 17.0 Å². The first-order chi connectivity index (χ1) is 12.5. The smallest absolute Gasteiger partial charge is 0.183 e. The molecule has 0 radical (unpaired) electrons. The van der Waals surface area contributed by atoms with Crippen LogP contribution in [0.1, 0.15) is 31.2 Å². The second kappa shape index (κ2) is 7.00. The lowest BCUT2D eigenvalue weighted by molar-refractivity contribution is 0.437. The zero-order chi connectivity index (χ0) is 18.3. The molecule has 0 atom stereocenters. The van der Waals surface area contributed by atoms with Crippen molar-refractivity contribution in [3.63, 3.8) is 0 Å².